The van der Waals surface area contributed by atoms with Gasteiger partial charge in [-0.15, -0.1) is 0 Å². The summed E-state index contributed by atoms with van der Waals surface area (Å²) in [6.07, 6.45) is 6.35. The first-order valence-electron chi connectivity index (χ1n) is 10.4. The van der Waals surface area contributed by atoms with Crippen LogP contribution in [-0.2, 0) is 4.79 Å². The Morgan fingerprint density at radius 2 is 2.03 bits per heavy atom. The molecule has 8 heteroatoms. The summed E-state index contributed by atoms with van der Waals surface area (Å²) >= 11 is 6.72. The maximum absolute atomic E-state index is 13.4. The average Bonchev–Trinajstić information content (AvgIpc) is 3.03. The van der Waals surface area contributed by atoms with Crippen LogP contribution in [0.25, 0.3) is 11.7 Å². The van der Waals surface area contributed by atoms with Crippen LogP contribution in [0.4, 0.5) is 5.82 Å². The molecule has 4 rings (SSSR count). The van der Waals surface area contributed by atoms with Crippen molar-refractivity contribution < 1.29 is 4.79 Å². The molecule has 2 aromatic heterocycles. The highest BCUT2D eigenvalue weighted by molar-refractivity contribution is 8.26. The second kappa shape index (κ2) is 8.51. The van der Waals surface area contributed by atoms with Crippen LogP contribution in [-0.4, -0.2) is 43.6 Å². The third kappa shape index (κ3) is 3.78. The van der Waals surface area contributed by atoms with Gasteiger partial charge >= 0.3 is 0 Å². The number of amides is 1. The number of carbonyl (C=O) groups is 1. The molecule has 2 aromatic rings. The van der Waals surface area contributed by atoms with Crippen LogP contribution < -0.4 is 10.5 Å². The number of aromatic nitrogens is 2. The summed E-state index contributed by atoms with van der Waals surface area (Å²) in [6.45, 7) is 7.97. The van der Waals surface area contributed by atoms with Crippen molar-refractivity contribution in [1.29, 1.82) is 0 Å². The van der Waals surface area contributed by atoms with Crippen molar-refractivity contribution in [2.75, 3.05) is 18.0 Å². The molecule has 2 aliphatic heterocycles. The molecule has 0 radical (unpaired) electrons. The van der Waals surface area contributed by atoms with Gasteiger partial charge in [0.15, 0.2) is 0 Å². The summed E-state index contributed by atoms with van der Waals surface area (Å²) in [5.41, 5.74) is 0.904. The van der Waals surface area contributed by atoms with Gasteiger partial charge < -0.3 is 4.90 Å². The van der Waals surface area contributed by atoms with Gasteiger partial charge in [-0.3, -0.25) is 18.9 Å². The topological polar surface area (TPSA) is 57.9 Å². The van der Waals surface area contributed by atoms with Crippen LogP contribution in [0, 0.1) is 5.92 Å². The van der Waals surface area contributed by atoms with Crippen molar-refractivity contribution in [3.8, 4) is 0 Å². The first-order chi connectivity index (χ1) is 14.4. The molecule has 0 N–H and O–H groups in total. The Balaban J connectivity index is 1.83. The number of rotatable bonds is 4. The van der Waals surface area contributed by atoms with E-state index < -0.39 is 0 Å². The van der Waals surface area contributed by atoms with E-state index in [1.807, 2.05) is 32.0 Å². The zero-order valence-corrected chi connectivity index (χ0v) is 19.1. The Morgan fingerprint density at radius 1 is 1.30 bits per heavy atom. The lowest BCUT2D eigenvalue weighted by Gasteiger charge is -2.32. The lowest BCUT2D eigenvalue weighted by Crippen LogP contribution is -2.36. The van der Waals surface area contributed by atoms with Crippen LogP contribution in [0.15, 0.2) is 34.1 Å². The van der Waals surface area contributed by atoms with Gasteiger partial charge in [0, 0.05) is 25.3 Å². The average molecular weight is 443 g/mol. The van der Waals surface area contributed by atoms with E-state index in [-0.39, 0.29) is 17.5 Å². The molecule has 1 amide bonds. The lowest BCUT2D eigenvalue weighted by atomic mass is 9.99. The van der Waals surface area contributed by atoms with Crippen LogP contribution in [0.1, 0.15) is 45.6 Å². The molecule has 158 valence electrons. The summed E-state index contributed by atoms with van der Waals surface area (Å²) < 4.78 is 2.08. The molecular formula is C22H26N4O2S2. The zero-order chi connectivity index (χ0) is 21.4. The minimum absolute atomic E-state index is 0.0299. The van der Waals surface area contributed by atoms with E-state index in [2.05, 4.69) is 11.8 Å². The minimum Gasteiger partial charge on any atom is -0.356 e. The van der Waals surface area contributed by atoms with Crippen molar-refractivity contribution in [3.05, 3.63) is 45.2 Å². The number of pyridine rings is 1. The summed E-state index contributed by atoms with van der Waals surface area (Å²) in [7, 11) is 0. The molecule has 2 aliphatic rings. The van der Waals surface area contributed by atoms with E-state index in [0.717, 1.165) is 32.4 Å². The predicted octanol–water partition coefficient (Wildman–Crippen LogP) is 3.93. The fourth-order valence-electron chi connectivity index (χ4n) is 3.85. The van der Waals surface area contributed by atoms with Crippen molar-refractivity contribution >= 4 is 51.7 Å². The molecule has 0 aromatic carbocycles. The first kappa shape index (κ1) is 21.1. The van der Waals surface area contributed by atoms with Gasteiger partial charge in [-0.1, -0.05) is 43.9 Å². The Hall–Kier alpha value is -2.19. The molecule has 4 heterocycles. The zero-order valence-electron chi connectivity index (χ0n) is 17.5. The molecular weight excluding hydrogens is 416 g/mol. The number of fused-ring (bicyclic) bond motifs is 1. The van der Waals surface area contributed by atoms with Gasteiger partial charge in [-0.25, -0.2) is 4.98 Å². The van der Waals surface area contributed by atoms with E-state index >= 15 is 0 Å². The van der Waals surface area contributed by atoms with E-state index in [1.165, 1.54) is 16.2 Å². The molecule has 0 aliphatic carbocycles. The largest absolute Gasteiger partial charge is 0.356 e. The fourth-order valence-corrected chi connectivity index (χ4v) is 5.30. The number of thioether (sulfide) groups is 1. The number of nitrogens with zero attached hydrogens (tertiary/aromatic N) is 4. The van der Waals surface area contributed by atoms with Crippen LogP contribution in [0.3, 0.4) is 0 Å². The summed E-state index contributed by atoms with van der Waals surface area (Å²) in [4.78, 5) is 35.6. The number of piperidine rings is 1. The first-order valence-corrected chi connectivity index (χ1v) is 11.7. The molecule has 2 fully saturated rings. The molecule has 2 saturated heterocycles. The number of thiocarbonyl (C=S) groups is 1. The van der Waals surface area contributed by atoms with E-state index in [4.69, 9.17) is 17.2 Å². The lowest BCUT2D eigenvalue weighted by molar-refractivity contribution is -0.123. The Morgan fingerprint density at radius 3 is 2.73 bits per heavy atom. The van der Waals surface area contributed by atoms with Crippen molar-refractivity contribution in [1.82, 2.24) is 14.3 Å². The predicted molar refractivity (Wildman–Crippen MR) is 127 cm³/mol. The molecule has 1 atom stereocenters. The van der Waals surface area contributed by atoms with E-state index in [0.29, 0.717) is 32.2 Å². The third-order valence-corrected chi connectivity index (χ3v) is 7.29. The normalized spacial score (nSPS) is 20.6. The molecule has 30 heavy (non-hydrogen) atoms. The summed E-state index contributed by atoms with van der Waals surface area (Å²) in [5, 5.41) is 0. The highest BCUT2D eigenvalue weighted by Gasteiger charge is 2.35. The Bertz CT molecular complexity index is 1090. The van der Waals surface area contributed by atoms with Crippen LogP contribution in [0.2, 0.25) is 0 Å². The number of hydrogen-bond donors (Lipinski definition) is 0. The van der Waals surface area contributed by atoms with Gasteiger partial charge in [0.25, 0.3) is 11.5 Å². The smallest absolute Gasteiger partial charge is 0.267 e. The van der Waals surface area contributed by atoms with Gasteiger partial charge in [0.1, 0.15) is 15.8 Å². The Labute approximate surface area is 186 Å². The van der Waals surface area contributed by atoms with E-state index in [9.17, 15) is 9.59 Å². The van der Waals surface area contributed by atoms with Crippen molar-refractivity contribution in [2.45, 2.75) is 46.1 Å². The Kier molecular flexibility index (Phi) is 5.97. The highest BCUT2D eigenvalue weighted by atomic mass is 32.2. The van der Waals surface area contributed by atoms with Crippen LogP contribution in [0.5, 0.6) is 0 Å². The fraction of sp³-hybridized carbons (Fsp3) is 0.455. The van der Waals surface area contributed by atoms with Crippen molar-refractivity contribution in [3.63, 3.8) is 0 Å². The minimum atomic E-state index is -0.164. The quantitative estimate of drug-likeness (QED) is 0.528. The highest BCUT2D eigenvalue weighted by Crippen LogP contribution is 2.35. The molecule has 0 spiro atoms. The van der Waals surface area contributed by atoms with E-state index in [1.54, 1.807) is 17.2 Å². The standard InChI is InChI=1S/C22H26N4O2S2/c1-4-15(3)26-21(28)17(30-22(26)29)13-16-19(24-11-8-14(2)9-12-24)23-18-7-5-6-10-25(18)20(16)27/h5-7,10,13-15H,4,8-9,11-12H2,1-3H3. The molecule has 6 nitrogen and oxygen atoms in total. The number of anilines is 1. The third-order valence-electron chi connectivity index (χ3n) is 5.96. The molecule has 0 bridgehead atoms. The monoisotopic (exact) mass is 442 g/mol. The van der Waals surface area contributed by atoms with Crippen molar-refractivity contribution in [2.24, 2.45) is 5.92 Å². The van der Waals surface area contributed by atoms with Gasteiger partial charge in [-0.05, 0) is 50.3 Å². The van der Waals surface area contributed by atoms with Crippen LogP contribution >= 0.6 is 24.0 Å². The molecule has 1 unspecified atom stereocenters. The number of carbonyl (C=O) groups excluding carboxylic acids is 1. The van der Waals surface area contributed by atoms with Gasteiger partial charge in [0.05, 0.1) is 10.5 Å². The summed E-state index contributed by atoms with van der Waals surface area (Å²) in [6, 6.07) is 5.55. The summed E-state index contributed by atoms with van der Waals surface area (Å²) in [5.74, 6) is 1.19. The van der Waals surface area contributed by atoms with Gasteiger partial charge in [-0.2, -0.15) is 0 Å². The second-order valence-electron chi connectivity index (χ2n) is 8.06. The maximum atomic E-state index is 13.4. The SMILES string of the molecule is CCC(C)N1C(=O)C(=Cc2c(N3CCC(C)CC3)nc3ccccn3c2=O)SC1=S. The van der Waals surface area contributed by atoms with Gasteiger partial charge in [0.2, 0.25) is 0 Å². The maximum Gasteiger partial charge on any atom is 0.267 e. The molecule has 0 saturated carbocycles. The second-order valence-corrected chi connectivity index (χ2v) is 9.74. The number of hydrogen-bond acceptors (Lipinski definition) is 6.